The Kier molecular flexibility index (Phi) is 32.2. The normalized spacial score (nSPS) is 26.7. The number of carbonyl (C=O) groups excluding carboxylic acids is 11. The monoisotopic (exact) mass is 1220 g/mol. The van der Waals surface area contributed by atoms with E-state index in [4.69, 9.17) is 0 Å². The summed E-state index contributed by atoms with van der Waals surface area (Å²) in [5, 5.41) is 33.5. The summed E-state index contributed by atoms with van der Waals surface area (Å²) >= 11 is 0. The number of hydrogen-bond donors (Lipinski definition) is 6. The minimum atomic E-state index is -1.63. The van der Waals surface area contributed by atoms with Gasteiger partial charge in [0.15, 0.2) is 0 Å². The van der Waals surface area contributed by atoms with Crippen LogP contribution in [0.3, 0.4) is 0 Å². The van der Waals surface area contributed by atoms with E-state index in [1.165, 1.54) is 75.9 Å². The molecule has 6 N–H and O–H groups in total. The molecule has 24 heteroatoms. The SMILES string of the molecule is C/C=C/C[C@@H](C)[C@@H](O)[C@H]1C(=O)N[C@@H](CC)C(=O)N(C)CC(=O)N(C)[C@@H](CC(C)C)C(=O)N[C@@H](C(C)C)C(=O)N(C)[C@@H](CC(C)C)C(=O)N[C@@H](C)C(=O)N[C@H](CO)C(=O)N(C)[C@@H](CC(C)C)C(=O)N(C)[C@@H](CC(C)C)C(=O)N(C)[C@@H](C(C)C)C(=O)N1C. The zero-order valence-corrected chi connectivity index (χ0v) is 56.2. The van der Waals surface area contributed by atoms with Gasteiger partial charge in [-0.1, -0.05) is 109 Å². The summed E-state index contributed by atoms with van der Waals surface area (Å²) in [6.45, 7) is 26.6. The number of nitrogens with zero attached hydrogens (tertiary/aromatic N) is 7. The van der Waals surface area contributed by atoms with Crippen molar-refractivity contribution in [1.82, 2.24) is 55.6 Å². The first-order chi connectivity index (χ1) is 39.7. The van der Waals surface area contributed by atoms with Gasteiger partial charge in [0.25, 0.3) is 0 Å². The van der Waals surface area contributed by atoms with Gasteiger partial charge < -0.3 is 65.8 Å². The molecule has 1 fully saturated rings. The van der Waals surface area contributed by atoms with Crippen molar-refractivity contribution < 1.29 is 63.0 Å². The molecule has 1 saturated heterocycles. The molecule has 24 nitrogen and oxygen atoms in total. The quantitative estimate of drug-likeness (QED) is 0.121. The number of aliphatic hydroxyl groups excluding tert-OH is 2. The molecule has 0 aromatic carbocycles. The summed E-state index contributed by atoms with van der Waals surface area (Å²) in [6, 6.07) is -13.1. The maximum atomic E-state index is 15.1. The zero-order valence-electron chi connectivity index (χ0n) is 56.2. The number of amides is 11. The third-order valence-electron chi connectivity index (χ3n) is 16.1. The number of carbonyl (C=O) groups is 11. The van der Waals surface area contributed by atoms with Crippen LogP contribution in [0.1, 0.15) is 149 Å². The average molecular weight is 1220 g/mol. The van der Waals surface area contributed by atoms with Crippen LogP contribution in [0.15, 0.2) is 12.2 Å². The Morgan fingerprint density at radius 1 is 0.477 bits per heavy atom. The molecule has 12 atom stereocenters. The highest BCUT2D eigenvalue weighted by atomic mass is 16.3. The number of rotatable bonds is 16. The summed E-state index contributed by atoms with van der Waals surface area (Å²) in [5.74, 6) is -10.6. The van der Waals surface area contributed by atoms with Gasteiger partial charge in [-0.05, 0) is 93.8 Å². The molecule has 0 spiro atoms. The van der Waals surface area contributed by atoms with Crippen LogP contribution >= 0.6 is 0 Å². The fraction of sp³-hybridized carbons (Fsp3) is 0.790. The smallest absolute Gasteiger partial charge is 0.247 e. The Morgan fingerprint density at radius 2 is 0.895 bits per heavy atom. The van der Waals surface area contributed by atoms with E-state index in [2.05, 4.69) is 21.3 Å². The van der Waals surface area contributed by atoms with Crippen LogP contribution in [0.5, 0.6) is 0 Å². The fourth-order valence-electron chi connectivity index (χ4n) is 10.7. The van der Waals surface area contributed by atoms with Crippen molar-refractivity contribution in [1.29, 1.82) is 0 Å². The summed E-state index contributed by atoms with van der Waals surface area (Å²) in [5.41, 5.74) is 0. The van der Waals surface area contributed by atoms with Crippen LogP contribution < -0.4 is 21.3 Å². The van der Waals surface area contributed by atoms with E-state index in [9.17, 15) is 53.4 Å². The minimum absolute atomic E-state index is 0.0119. The van der Waals surface area contributed by atoms with Gasteiger partial charge in [-0.2, -0.15) is 0 Å². The Bertz CT molecular complexity index is 2350. The van der Waals surface area contributed by atoms with Gasteiger partial charge in [0.05, 0.1) is 19.3 Å². The molecule has 0 aromatic heterocycles. The molecule has 1 aliphatic rings. The lowest BCUT2D eigenvalue weighted by Crippen LogP contribution is -2.63. The van der Waals surface area contributed by atoms with Gasteiger partial charge >= 0.3 is 0 Å². The fourth-order valence-corrected chi connectivity index (χ4v) is 10.7. The van der Waals surface area contributed by atoms with E-state index < -0.39 is 162 Å². The molecule has 11 amide bonds. The zero-order chi connectivity index (χ0) is 66.7. The topological polar surface area (TPSA) is 299 Å². The van der Waals surface area contributed by atoms with Gasteiger partial charge in [-0.15, -0.1) is 0 Å². The standard InChI is InChI=1S/C62H111N11O13/c1-24-26-27-40(15)52(76)51-56(80)64-42(25-2)57(81)67(17)32-48(75)68(18)44(28-34(3)4)55(79)66-49(38(11)12)61(85)69(19)45(29-35(5)6)54(78)63-41(16)53(77)65-43(33-74)58(82)70(20)46(30-36(7)8)59(83)71(21)47(31-37(9)10)60(84)72(22)50(39(13)14)62(86)73(51)23/h24,26,34-47,49-52,74,76H,25,27-33H2,1-23H3,(H,63,78)(H,64,80)(H,65,77)(H,66,79)/b26-24+/t40-,41+,42+,43-,44+,45+,46+,47+,49+,50+,51+,52-/m1/s1. The first kappa shape index (κ1) is 77.8. The number of hydrogen-bond acceptors (Lipinski definition) is 13. The summed E-state index contributed by atoms with van der Waals surface area (Å²) in [6.07, 6.45) is 2.81. The number of allylic oxidation sites excluding steroid dienone is 2. The lowest BCUT2D eigenvalue weighted by molar-refractivity contribution is -0.157. The molecule has 0 aliphatic carbocycles. The predicted octanol–water partition coefficient (Wildman–Crippen LogP) is 2.24. The van der Waals surface area contributed by atoms with E-state index in [1.54, 1.807) is 60.6 Å². The summed E-state index contributed by atoms with van der Waals surface area (Å²) in [4.78, 5) is 168. The van der Waals surface area contributed by atoms with Gasteiger partial charge in [0.1, 0.15) is 60.4 Å². The van der Waals surface area contributed by atoms with Crippen molar-refractivity contribution in [3.8, 4) is 0 Å². The van der Waals surface area contributed by atoms with Gasteiger partial charge in [0, 0.05) is 49.3 Å². The molecule has 1 aliphatic heterocycles. The first-order valence-corrected chi connectivity index (χ1v) is 30.7. The molecule has 0 saturated carbocycles. The van der Waals surface area contributed by atoms with Crippen LogP contribution in [0.2, 0.25) is 0 Å². The molecule has 0 radical (unpaired) electrons. The van der Waals surface area contributed by atoms with Crippen molar-refractivity contribution in [2.75, 3.05) is 62.5 Å². The highest BCUT2D eigenvalue weighted by molar-refractivity contribution is 5.99. The van der Waals surface area contributed by atoms with Gasteiger partial charge in [-0.3, -0.25) is 52.7 Å². The van der Waals surface area contributed by atoms with Crippen molar-refractivity contribution in [3.63, 3.8) is 0 Å². The molecule has 0 bridgehead atoms. The van der Waals surface area contributed by atoms with Crippen molar-refractivity contribution in [2.45, 2.75) is 216 Å². The molecular formula is C62H111N11O13. The van der Waals surface area contributed by atoms with Crippen molar-refractivity contribution in [2.24, 2.45) is 41.4 Å². The summed E-state index contributed by atoms with van der Waals surface area (Å²) in [7, 11) is 9.70. The molecule has 0 unspecified atom stereocenters. The third-order valence-corrected chi connectivity index (χ3v) is 16.1. The van der Waals surface area contributed by atoms with E-state index in [0.29, 0.717) is 6.42 Å². The second-order valence-corrected chi connectivity index (χ2v) is 26.1. The average Bonchev–Trinajstić information content (AvgIpc) is 1.90. The van der Waals surface area contributed by atoms with Gasteiger partial charge in [0.2, 0.25) is 65.0 Å². The van der Waals surface area contributed by atoms with Crippen molar-refractivity contribution >= 4 is 65.0 Å². The Balaban J connectivity index is 4.36. The number of likely N-dealkylation sites (N-methyl/N-ethyl adjacent to an activating group) is 7. The molecule has 0 aromatic rings. The molecule has 492 valence electrons. The van der Waals surface area contributed by atoms with Crippen LogP contribution in [-0.4, -0.2) is 238 Å². The van der Waals surface area contributed by atoms with E-state index >= 15 is 9.59 Å². The third kappa shape index (κ3) is 21.6. The minimum Gasteiger partial charge on any atom is -0.394 e. The first-order valence-electron chi connectivity index (χ1n) is 30.7. The largest absolute Gasteiger partial charge is 0.394 e. The van der Waals surface area contributed by atoms with Crippen molar-refractivity contribution in [3.05, 3.63) is 12.2 Å². The molecular weight excluding hydrogens is 1110 g/mol. The van der Waals surface area contributed by atoms with Gasteiger partial charge in [-0.25, -0.2) is 0 Å². The maximum absolute atomic E-state index is 15.1. The van der Waals surface area contributed by atoms with Crippen LogP contribution in [0.4, 0.5) is 0 Å². The Hall–Kier alpha value is -6.17. The van der Waals surface area contributed by atoms with Crippen LogP contribution in [0.25, 0.3) is 0 Å². The lowest BCUT2D eigenvalue weighted by atomic mass is 9.91. The maximum Gasteiger partial charge on any atom is 0.247 e. The second kappa shape index (κ2) is 35.6. The molecule has 1 rings (SSSR count). The lowest BCUT2D eigenvalue weighted by Gasteiger charge is -2.41. The Labute approximate surface area is 513 Å². The number of aliphatic hydroxyl groups is 2. The Morgan fingerprint density at radius 3 is 1.34 bits per heavy atom. The molecule has 86 heavy (non-hydrogen) atoms. The van der Waals surface area contributed by atoms with E-state index in [1.807, 2.05) is 55.4 Å². The van der Waals surface area contributed by atoms with Crippen LogP contribution in [0, 0.1) is 41.4 Å². The summed E-state index contributed by atoms with van der Waals surface area (Å²) < 4.78 is 0. The van der Waals surface area contributed by atoms with Crippen LogP contribution in [-0.2, 0) is 52.7 Å². The second-order valence-electron chi connectivity index (χ2n) is 26.1. The van der Waals surface area contributed by atoms with E-state index in [-0.39, 0.29) is 55.8 Å². The highest BCUT2D eigenvalue weighted by Gasteiger charge is 2.46. The number of nitrogens with one attached hydrogen (secondary N) is 4. The highest BCUT2D eigenvalue weighted by Crippen LogP contribution is 2.26. The van der Waals surface area contributed by atoms with E-state index in [0.717, 1.165) is 14.7 Å². The predicted molar refractivity (Wildman–Crippen MR) is 330 cm³/mol. The molecule has 1 heterocycles.